The molecule has 0 saturated carbocycles. The largest absolute Gasteiger partial charge is 0.472 e. The van der Waals surface area contributed by atoms with Gasteiger partial charge in [-0.05, 0) is 17.7 Å². The Labute approximate surface area is 115 Å². The van der Waals surface area contributed by atoms with Gasteiger partial charge in [0.05, 0.1) is 0 Å². The molecule has 1 aromatic carbocycles. The van der Waals surface area contributed by atoms with E-state index in [1.54, 1.807) is 12.3 Å². The lowest BCUT2D eigenvalue weighted by Crippen LogP contribution is -2.02. The normalized spacial score (nSPS) is 10.4. The third-order valence-electron chi connectivity index (χ3n) is 2.48. The summed E-state index contributed by atoms with van der Waals surface area (Å²) in [5, 5.41) is 1.11. The number of pyridine rings is 1. The van der Waals surface area contributed by atoms with Gasteiger partial charge in [-0.2, -0.15) is 0 Å². The maximum absolute atomic E-state index is 6.11. The van der Waals surface area contributed by atoms with Gasteiger partial charge in [-0.25, -0.2) is 4.98 Å². The molecule has 2 rings (SSSR count). The van der Waals surface area contributed by atoms with Crippen molar-refractivity contribution in [2.75, 3.05) is 0 Å². The lowest BCUT2D eigenvalue weighted by atomic mass is 10.2. The van der Waals surface area contributed by atoms with Crippen molar-refractivity contribution in [3.05, 3.63) is 57.7 Å². The van der Waals surface area contributed by atoms with Gasteiger partial charge in [0.15, 0.2) is 0 Å². The van der Waals surface area contributed by atoms with E-state index in [9.17, 15) is 0 Å². The summed E-state index contributed by atoms with van der Waals surface area (Å²) < 4.78 is 5.56. The van der Waals surface area contributed by atoms with Crippen LogP contribution in [-0.4, -0.2) is 4.98 Å². The van der Waals surface area contributed by atoms with Crippen LogP contribution >= 0.6 is 23.2 Å². The number of aromatic nitrogens is 1. The molecule has 5 heteroatoms. The van der Waals surface area contributed by atoms with E-state index in [0.717, 1.165) is 11.1 Å². The van der Waals surface area contributed by atoms with Crippen molar-refractivity contribution in [2.45, 2.75) is 13.2 Å². The molecule has 0 amide bonds. The second-order valence-corrected chi connectivity index (χ2v) is 4.46. The van der Waals surface area contributed by atoms with Crippen molar-refractivity contribution < 1.29 is 4.74 Å². The number of hydrogen-bond donors (Lipinski definition) is 1. The Balaban J connectivity index is 2.14. The first kappa shape index (κ1) is 13.1. The molecule has 0 bridgehead atoms. The van der Waals surface area contributed by atoms with E-state index in [1.807, 2.05) is 24.3 Å². The Morgan fingerprint density at radius 2 is 1.89 bits per heavy atom. The molecule has 0 radical (unpaired) electrons. The Bertz CT molecular complexity index is 546. The fraction of sp³-hybridized carbons (Fsp3) is 0.154. The molecule has 2 aromatic rings. The molecule has 0 saturated heterocycles. The zero-order valence-electron chi connectivity index (χ0n) is 9.57. The second-order valence-electron chi connectivity index (χ2n) is 3.67. The molecule has 0 aliphatic carbocycles. The van der Waals surface area contributed by atoms with Gasteiger partial charge in [-0.1, -0.05) is 41.4 Å². The van der Waals surface area contributed by atoms with E-state index in [4.69, 9.17) is 33.7 Å². The topological polar surface area (TPSA) is 48.1 Å². The van der Waals surface area contributed by atoms with Gasteiger partial charge >= 0.3 is 0 Å². The minimum Gasteiger partial charge on any atom is -0.472 e. The number of nitrogens with two attached hydrogens (primary N) is 1. The molecule has 18 heavy (non-hydrogen) atoms. The van der Waals surface area contributed by atoms with Gasteiger partial charge in [0, 0.05) is 23.3 Å². The molecule has 0 aliphatic rings. The van der Waals surface area contributed by atoms with Crippen LogP contribution in [0.1, 0.15) is 11.1 Å². The number of rotatable bonds is 4. The summed E-state index contributed by atoms with van der Waals surface area (Å²) in [7, 11) is 0. The molecule has 0 unspecified atom stereocenters. The zero-order valence-corrected chi connectivity index (χ0v) is 11.1. The van der Waals surface area contributed by atoms with Crippen LogP contribution < -0.4 is 10.5 Å². The van der Waals surface area contributed by atoms with Gasteiger partial charge in [0.2, 0.25) is 5.88 Å². The second kappa shape index (κ2) is 6.05. The van der Waals surface area contributed by atoms with E-state index in [2.05, 4.69) is 4.98 Å². The van der Waals surface area contributed by atoms with E-state index in [1.165, 1.54) is 0 Å². The lowest BCUT2D eigenvalue weighted by Gasteiger charge is -2.10. The molecular formula is C13H12Cl2N2O. The van der Waals surface area contributed by atoms with Gasteiger partial charge in [0.1, 0.15) is 11.6 Å². The third-order valence-corrected chi connectivity index (χ3v) is 3.25. The van der Waals surface area contributed by atoms with Crippen molar-refractivity contribution in [3.8, 4) is 5.88 Å². The van der Waals surface area contributed by atoms with Crippen molar-refractivity contribution in [2.24, 2.45) is 5.73 Å². The first-order valence-corrected chi connectivity index (χ1v) is 6.17. The Kier molecular flexibility index (Phi) is 4.42. The summed E-state index contributed by atoms with van der Waals surface area (Å²) in [5.41, 5.74) is 7.25. The van der Waals surface area contributed by atoms with Gasteiger partial charge in [-0.3, -0.25) is 0 Å². The smallest absolute Gasteiger partial charge is 0.233 e. The molecule has 1 aromatic heterocycles. The molecular weight excluding hydrogens is 271 g/mol. The van der Waals surface area contributed by atoms with Crippen molar-refractivity contribution in [1.29, 1.82) is 0 Å². The van der Waals surface area contributed by atoms with E-state index >= 15 is 0 Å². The minimum absolute atomic E-state index is 0.320. The van der Waals surface area contributed by atoms with Crippen LogP contribution in [0, 0.1) is 0 Å². The zero-order chi connectivity index (χ0) is 13.0. The standard InChI is InChI=1S/C13H12Cl2N2O/c14-11-4-2-1-3-10(11)8-18-13-12(15)9(7-16)5-6-17-13/h1-6H,7-8,16H2. The number of ether oxygens (including phenoxy) is 1. The van der Waals surface area contributed by atoms with Gasteiger partial charge in [0.25, 0.3) is 0 Å². The summed E-state index contributed by atoms with van der Waals surface area (Å²) in [6.07, 6.45) is 1.62. The summed E-state index contributed by atoms with van der Waals surface area (Å²) >= 11 is 12.1. The van der Waals surface area contributed by atoms with Crippen LogP contribution in [0.2, 0.25) is 10.0 Å². The van der Waals surface area contributed by atoms with Crippen molar-refractivity contribution in [1.82, 2.24) is 4.98 Å². The Morgan fingerprint density at radius 1 is 1.11 bits per heavy atom. The fourth-order valence-corrected chi connectivity index (χ4v) is 1.92. The molecule has 0 fully saturated rings. The summed E-state index contributed by atoms with van der Waals surface area (Å²) in [6.45, 7) is 0.671. The Morgan fingerprint density at radius 3 is 2.61 bits per heavy atom. The van der Waals surface area contributed by atoms with Crippen LogP contribution in [0.4, 0.5) is 0 Å². The molecule has 0 spiro atoms. The van der Waals surface area contributed by atoms with E-state index in [-0.39, 0.29) is 0 Å². The molecule has 2 N–H and O–H groups in total. The fourth-order valence-electron chi connectivity index (χ4n) is 1.48. The van der Waals surface area contributed by atoms with Crippen LogP contribution in [0.25, 0.3) is 0 Å². The Hall–Kier alpha value is -1.29. The predicted molar refractivity (Wildman–Crippen MR) is 72.9 cm³/mol. The quantitative estimate of drug-likeness (QED) is 0.935. The third kappa shape index (κ3) is 2.93. The highest BCUT2D eigenvalue weighted by Crippen LogP contribution is 2.26. The predicted octanol–water partition coefficient (Wildman–Crippen LogP) is 3.43. The molecule has 1 heterocycles. The number of hydrogen-bond acceptors (Lipinski definition) is 3. The van der Waals surface area contributed by atoms with Crippen LogP contribution in [0.5, 0.6) is 5.88 Å². The van der Waals surface area contributed by atoms with Crippen LogP contribution in [0.3, 0.4) is 0 Å². The van der Waals surface area contributed by atoms with Crippen molar-refractivity contribution >= 4 is 23.2 Å². The van der Waals surface area contributed by atoms with E-state index in [0.29, 0.717) is 29.1 Å². The molecule has 94 valence electrons. The number of nitrogens with zero attached hydrogens (tertiary/aromatic N) is 1. The monoisotopic (exact) mass is 282 g/mol. The van der Waals surface area contributed by atoms with Crippen molar-refractivity contribution in [3.63, 3.8) is 0 Å². The van der Waals surface area contributed by atoms with Crippen LogP contribution in [0.15, 0.2) is 36.5 Å². The summed E-state index contributed by atoms with van der Waals surface area (Å²) in [6, 6.07) is 9.24. The highest BCUT2D eigenvalue weighted by atomic mass is 35.5. The minimum atomic E-state index is 0.320. The first-order chi connectivity index (χ1) is 8.72. The highest BCUT2D eigenvalue weighted by molar-refractivity contribution is 6.32. The first-order valence-electron chi connectivity index (χ1n) is 5.42. The van der Waals surface area contributed by atoms with Gasteiger partial charge < -0.3 is 10.5 Å². The number of benzene rings is 1. The molecule has 0 aliphatic heterocycles. The number of halogens is 2. The van der Waals surface area contributed by atoms with Crippen LogP contribution in [-0.2, 0) is 13.2 Å². The maximum atomic E-state index is 6.11. The average molecular weight is 283 g/mol. The SMILES string of the molecule is NCc1ccnc(OCc2ccccc2Cl)c1Cl. The molecule has 3 nitrogen and oxygen atoms in total. The maximum Gasteiger partial charge on any atom is 0.233 e. The lowest BCUT2D eigenvalue weighted by molar-refractivity contribution is 0.294. The highest BCUT2D eigenvalue weighted by Gasteiger charge is 2.08. The molecule has 0 atom stereocenters. The average Bonchev–Trinajstić information content (AvgIpc) is 2.39. The van der Waals surface area contributed by atoms with Gasteiger partial charge in [-0.15, -0.1) is 0 Å². The van der Waals surface area contributed by atoms with E-state index < -0.39 is 0 Å². The summed E-state index contributed by atoms with van der Waals surface area (Å²) in [4.78, 5) is 4.08. The summed E-state index contributed by atoms with van der Waals surface area (Å²) in [5.74, 6) is 0.375.